The summed E-state index contributed by atoms with van der Waals surface area (Å²) in [5, 5.41) is 24.9. The molecule has 1 atom stereocenters. The number of ether oxygens (including phenoxy) is 1. The number of carbonyl (C=O) groups excluding carboxylic acids is 1. The second-order valence-corrected chi connectivity index (χ2v) is 8.91. The Hall–Kier alpha value is -3.08. The first-order valence-corrected chi connectivity index (χ1v) is 10.3. The molecule has 2 rings (SSSR count). The lowest BCUT2D eigenvalue weighted by atomic mass is 10.0. The van der Waals surface area contributed by atoms with Gasteiger partial charge in [-0.05, 0) is 45.2 Å². The van der Waals surface area contributed by atoms with Crippen LogP contribution in [0.2, 0.25) is 0 Å². The maximum Gasteiger partial charge on any atom is 0.408 e. The van der Waals surface area contributed by atoms with Gasteiger partial charge in [-0.3, -0.25) is 10.1 Å². The van der Waals surface area contributed by atoms with Crippen LogP contribution in [0.4, 0.5) is 10.5 Å². The molecular weight excluding hydrogens is 420 g/mol. The maximum absolute atomic E-state index is 12.2. The quantitative estimate of drug-likeness (QED) is 0.357. The van der Waals surface area contributed by atoms with Crippen LogP contribution in [0.1, 0.15) is 46.7 Å². The van der Waals surface area contributed by atoms with Gasteiger partial charge in [0.2, 0.25) is 0 Å². The number of nitrogens with zero attached hydrogens (tertiary/aromatic N) is 4. The summed E-state index contributed by atoms with van der Waals surface area (Å²) in [6.45, 7) is 9.80. The minimum atomic E-state index is -0.599. The molecule has 31 heavy (non-hydrogen) atoms. The van der Waals surface area contributed by atoms with Crippen LogP contribution in [0, 0.1) is 16.0 Å². The first-order valence-electron chi connectivity index (χ1n) is 9.88. The molecule has 1 aromatic heterocycles. The van der Waals surface area contributed by atoms with Gasteiger partial charge in [0.25, 0.3) is 5.69 Å². The van der Waals surface area contributed by atoms with E-state index in [1.807, 2.05) is 13.8 Å². The van der Waals surface area contributed by atoms with E-state index < -0.39 is 16.6 Å². The van der Waals surface area contributed by atoms with Gasteiger partial charge in [-0.15, -0.1) is 5.10 Å². The molecule has 1 heterocycles. The average Bonchev–Trinajstić information content (AvgIpc) is 3.12. The molecule has 0 spiro atoms. The van der Waals surface area contributed by atoms with E-state index in [0.29, 0.717) is 35.3 Å². The van der Waals surface area contributed by atoms with Crippen LogP contribution in [0.5, 0.6) is 0 Å². The molecule has 2 N–H and O–H groups in total. The first kappa shape index (κ1) is 24.2. The van der Waals surface area contributed by atoms with Gasteiger partial charge >= 0.3 is 6.09 Å². The molecule has 1 aromatic carbocycles. The van der Waals surface area contributed by atoms with Gasteiger partial charge in [-0.2, -0.15) is 0 Å². The number of nitro groups is 1. The Bertz CT molecular complexity index is 920. The Morgan fingerprint density at radius 2 is 1.94 bits per heavy atom. The Morgan fingerprint density at radius 3 is 2.48 bits per heavy atom. The molecule has 0 aliphatic carbocycles. The summed E-state index contributed by atoms with van der Waals surface area (Å²) >= 11 is 5.49. The molecule has 0 saturated heterocycles. The number of thiocarbonyl (C=S) groups is 1. The molecule has 11 heteroatoms. The zero-order valence-electron chi connectivity index (χ0n) is 18.3. The van der Waals surface area contributed by atoms with Crippen LogP contribution in [0.3, 0.4) is 0 Å². The fourth-order valence-electron chi connectivity index (χ4n) is 2.69. The molecule has 0 saturated carbocycles. The van der Waals surface area contributed by atoms with Crippen LogP contribution in [0.15, 0.2) is 30.5 Å². The van der Waals surface area contributed by atoms with Gasteiger partial charge in [0, 0.05) is 12.1 Å². The Kier molecular flexibility index (Phi) is 8.03. The molecule has 10 nitrogen and oxygen atoms in total. The number of nitrogens with one attached hydrogen (secondary N) is 2. The van der Waals surface area contributed by atoms with E-state index >= 15 is 0 Å². The highest BCUT2D eigenvalue weighted by Gasteiger charge is 2.23. The largest absolute Gasteiger partial charge is 0.444 e. The highest BCUT2D eigenvalue weighted by atomic mass is 32.1. The molecule has 0 aliphatic rings. The number of aromatic nitrogens is 3. The van der Waals surface area contributed by atoms with Crippen molar-refractivity contribution in [1.29, 1.82) is 0 Å². The van der Waals surface area contributed by atoms with Crippen molar-refractivity contribution in [3.8, 4) is 5.69 Å². The number of hydrogen-bond donors (Lipinski definition) is 2. The fraction of sp³-hybridized carbons (Fsp3) is 0.500. The van der Waals surface area contributed by atoms with E-state index in [1.165, 1.54) is 16.8 Å². The number of rotatable bonds is 8. The molecule has 0 unspecified atom stereocenters. The predicted octanol–water partition coefficient (Wildman–Crippen LogP) is 3.53. The average molecular weight is 449 g/mol. The van der Waals surface area contributed by atoms with Crippen molar-refractivity contribution in [2.24, 2.45) is 5.92 Å². The molecule has 1 amide bonds. The van der Waals surface area contributed by atoms with E-state index in [0.717, 1.165) is 0 Å². The lowest BCUT2D eigenvalue weighted by molar-refractivity contribution is -0.384. The van der Waals surface area contributed by atoms with Gasteiger partial charge in [0.05, 0.1) is 34.4 Å². The van der Waals surface area contributed by atoms with Crippen LogP contribution < -0.4 is 10.6 Å². The second kappa shape index (κ2) is 10.3. The molecule has 0 fully saturated rings. The first-order chi connectivity index (χ1) is 14.4. The van der Waals surface area contributed by atoms with Crippen molar-refractivity contribution >= 4 is 29.0 Å². The number of alkyl carbamates (subject to hydrolysis) is 1. The van der Waals surface area contributed by atoms with Crippen LogP contribution in [-0.4, -0.2) is 42.6 Å². The SMILES string of the molecule is CC(C)C[C@H](NC(=O)OC(C)(C)C)C(=S)NCc1cn(-c2ccc([N+](=O)[O-])cc2)nn1. The summed E-state index contributed by atoms with van der Waals surface area (Å²) in [6.07, 6.45) is 1.84. The minimum Gasteiger partial charge on any atom is -0.444 e. The van der Waals surface area contributed by atoms with Gasteiger partial charge in [-0.1, -0.05) is 31.3 Å². The van der Waals surface area contributed by atoms with E-state index in [1.54, 1.807) is 39.1 Å². The highest BCUT2D eigenvalue weighted by Crippen LogP contribution is 2.15. The molecule has 0 aliphatic heterocycles. The number of nitro benzene ring substituents is 1. The maximum atomic E-state index is 12.2. The topological polar surface area (TPSA) is 124 Å². The van der Waals surface area contributed by atoms with Crippen LogP contribution in [0.25, 0.3) is 5.69 Å². The van der Waals surface area contributed by atoms with Crippen molar-refractivity contribution in [3.63, 3.8) is 0 Å². The lowest BCUT2D eigenvalue weighted by Gasteiger charge is -2.25. The summed E-state index contributed by atoms with van der Waals surface area (Å²) in [5.41, 5.74) is 0.681. The van der Waals surface area contributed by atoms with Gasteiger partial charge < -0.3 is 15.4 Å². The van der Waals surface area contributed by atoms with Crippen molar-refractivity contribution in [3.05, 3.63) is 46.3 Å². The molecule has 168 valence electrons. The summed E-state index contributed by atoms with van der Waals surface area (Å²) in [5.74, 6) is 0.308. The van der Waals surface area contributed by atoms with Crippen molar-refractivity contribution in [2.45, 2.75) is 59.2 Å². The predicted molar refractivity (Wildman–Crippen MR) is 120 cm³/mol. The van der Waals surface area contributed by atoms with Gasteiger partial charge in [-0.25, -0.2) is 9.48 Å². The van der Waals surface area contributed by atoms with E-state index in [-0.39, 0.29) is 11.7 Å². The van der Waals surface area contributed by atoms with Crippen LogP contribution >= 0.6 is 12.2 Å². The second-order valence-electron chi connectivity index (χ2n) is 8.47. The van der Waals surface area contributed by atoms with E-state index in [9.17, 15) is 14.9 Å². The smallest absolute Gasteiger partial charge is 0.408 e. The van der Waals surface area contributed by atoms with E-state index in [4.69, 9.17) is 17.0 Å². The highest BCUT2D eigenvalue weighted by molar-refractivity contribution is 7.80. The summed E-state index contributed by atoms with van der Waals surface area (Å²) in [7, 11) is 0. The summed E-state index contributed by atoms with van der Waals surface area (Å²) in [4.78, 5) is 23.0. The standard InChI is InChI=1S/C20H28N6O4S/c1-13(2)10-17(22-19(27)30-20(3,4)5)18(31)21-11-14-12-25(24-23-14)15-6-8-16(9-7-15)26(28)29/h6-9,12-13,17H,10-11H2,1-5H3,(H,21,31)(H,22,27)/t17-/m0/s1. The molecule has 0 bridgehead atoms. The van der Waals surface area contributed by atoms with Crippen molar-refractivity contribution in [2.75, 3.05) is 0 Å². The third-order valence-electron chi connectivity index (χ3n) is 4.02. The lowest BCUT2D eigenvalue weighted by Crippen LogP contribution is -2.47. The molecule has 2 aromatic rings. The van der Waals surface area contributed by atoms with Crippen LogP contribution in [-0.2, 0) is 11.3 Å². The Balaban J connectivity index is 1.98. The van der Waals surface area contributed by atoms with Crippen molar-refractivity contribution in [1.82, 2.24) is 25.6 Å². The number of non-ortho nitro benzene ring substituents is 1. The zero-order chi connectivity index (χ0) is 23.2. The molecular formula is C20H28N6O4S. The van der Waals surface area contributed by atoms with Gasteiger partial charge in [0.1, 0.15) is 11.3 Å². The number of hydrogen-bond acceptors (Lipinski definition) is 7. The third-order valence-corrected chi connectivity index (χ3v) is 4.45. The van der Waals surface area contributed by atoms with E-state index in [2.05, 4.69) is 20.9 Å². The van der Waals surface area contributed by atoms with Crippen molar-refractivity contribution < 1.29 is 14.5 Å². The molecule has 0 radical (unpaired) electrons. The monoisotopic (exact) mass is 448 g/mol. The normalized spacial score (nSPS) is 12.3. The summed E-state index contributed by atoms with van der Waals surface area (Å²) < 4.78 is 6.86. The minimum absolute atomic E-state index is 0.00443. The Labute approximate surface area is 186 Å². The zero-order valence-corrected chi connectivity index (χ0v) is 19.1. The third kappa shape index (κ3) is 7.93. The summed E-state index contributed by atoms with van der Waals surface area (Å²) in [6, 6.07) is 5.62. The number of amides is 1. The fourth-order valence-corrected chi connectivity index (χ4v) is 2.91. The Morgan fingerprint density at radius 1 is 1.29 bits per heavy atom. The number of benzene rings is 1. The number of carbonyl (C=O) groups is 1. The van der Waals surface area contributed by atoms with Gasteiger partial charge in [0.15, 0.2) is 0 Å².